The Kier molecular flexibility index (Phi) is 4.72. The summed E-state index contributed by atoms with van der Waals surface area (Å²) in [4.78, 5) is 28.5. The first kappa shape index (κ1) is 17.6. The van der Waals surface area contributed by atoms with Gasteiger partial charge in [-0.25, -0.2) is 15.0 Å². The molecule has 1 saturated heterocycles. The van der Waals surface area contributed by atoms with Crippen molar-refractivity contribution in [2.24, 2.45) is 0 Å². The van der Waals surface area contributed by atoms with Gasteiger partial charge in [0.05, 0.1) is 24.1 Å². The number of carbonyl (C=O) groups excluding carboxylic acids is 1. The quantitative estimate of drug-likeness (QED) is 0.714. The van der Waals surface area contributed by atoms with E-state index in [2.05, 4.69) is 29.7 Å². The number of rotatable bonds is 5. The Labute approximate surface area is 167 Å². The highest BCUT2D eigenvalue weighted by Crippen LogP contribution is 2.31. The summed E-state index contributed by atoms with van der Waals surface area (Å²) in [7, 11) is 0. The third kappa shape index (κ3) is 3.37. The molecule has 0 atom stereocenters. The zero-order valence-corrected chi connectivity index (χ0v) is 16.6. The molecule has 0 unspecified atom stereocenters. The van der Waals surface area contributed by atoms with E-state index in [9.17, 15) is 4.79 Å². The first-order valence-corrected chi connectivity index (χ1v) is 11.0. The number of pyridine rings is 1. The maximum Gasteiger partial charge on any atom is 0.253 e. The second kappa shape index (κ2) is 7.50. The molecule has 3 aromatic heterocycles. The van der Waals surface area contributed by atoms with Crippen molar-refractivity contribution < 1.29 is 4.79 Å². The maximum absolute atomic E-state index is 12.6. The van der Waals surface area contributed by atoms with Crippen molar-refractivity contribution in [3.8, 4) is 0 Å². The highest BCUT2D eigenvalue weighted by Gasteiger charge is 2.20. The van der Waals surface area contributed by atoms with Crippen molar-refractivity contribution in [3.05, 3.63) is 35.2 Å². The third-order valence-corrected chi connectivity index (χ3v) is 6.69. The second-order valence-electron chi connectivity index (χ2n) is 7.66. The van der Waals surface area contributed by atoms with Gasteiger partial charge in [0.25, 0.3) is 5.91 Å². The average molecular weight is 397 g/mol. The summed E-state index contributed by atoms with van der Waals surface area (Å²) in [6, 6.07) is 2.33. The molecule has 5 rings (SSSR count). The van der Waals surface area contributed by atoms with Crippen molar-refractivity contribution in [1.29, 1.82) is 0 Å². The van der Waals surface area contributed by atoms with Gasteiger partial charge in [-0.15, -0.1) is 11.3 Å². The lowest BCUT2D eigenvalue weighted by Gasteiger charge is -2.12. The number of hydrogen-bond acceptors (Lipinski definition) is 6. The number of fused-ring (bicyclic) bond motifs is 1. The number of hydrogen-bond donors (Lipinski definition) is 1. The van der Waals surface area contributed by atoms with Crippen molar-refractivity contribution in [2.45, 2.75) is 51.1 Å². The van der Waals surface area contributed by atoms with Crippen LogP contribution in [0.25, 0.3) is 11.2 Å². The zero-order chi connectivity index (χ0) is 18.9. The Balaban J connectivity index is 1.25. The number of thiazole rings is 1. The SMILES string of the molecule is O=C(NCc1csc(N2CCCC2)n1)c1cnc2c(c1)ncn2C1CCCC1. The number of imidazole rings is 1. The number of carbonyl (C=O) groups is 1. The Morgan fingerprint density at radius 1 is 1.18 bits per heavy atom. The summed E-state index contributed by atoms with van der Waals surface area (Å²) in [6.07, 6.45) is 10.9. The van der Waals surface area contributed by atoms with Crippen LogP contribution in [-0.2, 0) is 6.54 Å². The lowest BCUT2D eigenvalue weighted by Crippen LogP contribution is -2.23. The molecule has 8 heteroatoms. The first-order chi connectivity index (χ1) is 13.8. The minimum absolute atomic E-state index is 0.138. The van der Waals surface area contributed by atoms with E-state index >= 15 is 0 Å². The van der Waals surface area contributed by atoms with E-state index in [1.165, 1.54) is 38.5 Å². The van der Waals surface area contributed by atoms with Crippen LogP contribution in [0.4, 0.5) is 5.13 Å². The number of amides is 1. The van der Waals surface area contributed by atoms with E-state index in [1.54, 1.807) is 17.5 Å². The fourth-order valence-corrected chi connectivity index (χ4v) is 5.08. The highest BCUT2D eigenvalue weighted by molar-refractivity contribution is 7.13. The van der Waals surface area contributed by atoms with Crippen molar-refractivity contribution >= 4 is 33.5 Å². The van der Waals surface area contributed by atoms with Gasteiger partial charge in [0, 0.05) is 30.7 Å². The highest BCUT2D eigenvalue weighted by atomic mass is 32.1. The van der Waals surface area contributed by atoms with Crippen LogP contribution in [0.3, 0.4) is 0 Å². The molecule has 2 fully saturated rings. The van der Waals surface area contributed by atoms with Crippen molar-refractivity contribution in [1.82, 2.24) is 24.8 Å². The summed E-state index contributed by atoms with van der Waals surface area (Å²) in [5, 5.41) is 6.04. The lowest BCUT2D eigenvalue weighted by atomic mass is 10.2. The smallest absolute Gasteiger partial charge is 0.253 e. The van der Waals surface area contributed by atoms with E-state index in [4.69, 9.17) is 0 Å². The lowest BCUT2D eigenvalue weighted by molar-refractivity contribution is 0.0950. The Morgan fingerprint density at radius 3 is 2.82 bits per heavy atom. The van der Waals surface area contributed by atoms with Gasteiger partial charge in [0.2, 0.25) is 0 Å². The van der Waals surface area contributed by atoms with Crippen LogP contribution in [0.5, 0.6) is 0 Å². The molecule has 7 nitrogen and oxygen atoms in total. The number of nitrogens with one attached hydrogen (secondary N) is 1. The van der Waals surface area contributed by atoms with E-state index < -0.39 is 0 Å². The van der Waals surface area contributed by atoms with E-state index in [1.807, 2.05) is 17.8 Å². The summed E-state index contributed by atoms with van der Waals surface area (Å²) >= 11 is 1.65. The Bertz CT molecular complexity index is 984. The van der Waals surface area contributed by atoms with Crippen molar-refractivity contribution in [3.63, 3.8) is 0 Å². The van der Waals surface area contributed by atoms with Gasteiger partial charge < -0.3 is 14.8 Å². The molecule has 1 N–H and O–H groups in total. The van der Waals surface area contributed by atoms with Crippen LogP contribution >= 0.6 is 11.3 Å². The summed E-state index contributed by atoms with van der Waals surface area (Å²) in [6.45, 7) is 2.59. The zero-order valence-electron chi connectivity index (χ0n) is 15.8. The molecular formula is C20H24N6OS. The molecule has 0 radical (unpaired) electrons. The molecule has 1 saturated carbocycles. The Hall–Kier alpha value is -2.48. The molecule has 0 aromatic carbocycles. The monoisotopic (exact) mass is 396 g/mol. The standard InChI is InChI=1S/C20H24N6OS/c27-19(22-11-15-12-28-20(24-15)25-7-3-4-8-25)14-9-17-18(21-10-14)26(13-23-17)16-5-1-2-6-16/h9-10,12-13,16H,1-8,11H2,(H,22,27). The van der Waals surface area contributed by atoms with Crippen LogP contribution < -0.4 is 10.2 Å². The van der Waals surface area contributed by atoms with Gasteiger partial charge in [-0.2, -0.15) is 0 Å². The van der Waals surface area contributed by atoms with Crippen molar-refractivity contribution in [2.75, 3.05) is 18.0 Å². The van der Waals surface area contributed by atoms with Crippen LogP contribution in [0, 0.1) is 0 Å². The van der Waals surface area contributed by atoms with E-state index in [-0.39, 0.29) is 5.91 Å². The molecule has 1 amide bonds. The average Bonchev–Trinajstić information content (AvgIpc) is 3.51. The molecular weight excluding hydrogens is 372 g/mol. The number of nitrogens with zero attached hydrogens (tertiary/aromatic N) is 5. The molecule has 0 spiro atoms. The summed E-state index contributed by atoms with van der Waals surface area (Å²) < 4.78 is 2.17. The van der Waals surface area contributed by atoms with Crippen LogP contribution in [0.2, 0.25) is 0 Å². The number of anilines is 1. The molecule has 0 bridgehead atoms. The van der Waals surface area contributed by atoms with Gasteiger partial charge in [-0.1, -0.05) is 12.8 Å². The molecule has 3 aromatic rings. The summed E-state index contributed by atoms with van der Waals surface area (Å²) in [5.41, 5.74) is 3.10. The van der Waals surface area contributed by atoms with Gasteiger partial charge in [-0.05, 0) is 31.7 Å². The van der Waals surface area contributed by atoms with Gasteiger partial charge in [0.15, 0.2) is 10.8 Å². The van der Waals surface area contributed by atoms with Crippen LogP contribution in [0.1, 0.15) is 60.6 Å². The molecule has 2 aliphatic rings. The molecule has 28 heavy (non-hydrogen) atoms. The fraction of sp³-hybridized carbons (Fsp3) is 0.500. The fourth-order valence-electron chi connectivity index (χ4n) is 4.20. The molecule has 1 aliphatic carbocycles. The maximum atomic E-state index is 12.6. The second-order valence-corrected chi connectivity index (χ2v) is 8.49. The van der Waals surface area contributed by atoms with Gasteiger partial charge in [-0.3, -0.25) is 4.79 Å². The van der Waals surface area contributed by atoms with Crippen LogP contribution in [-0.4, -0.2) is 38.5 Å². The minimum atomic E-state index is -0.138. The molecule has 146 valence electrons. The topological polar surface area (TPSA) is 75.9 Å². The van der Waals surface area contributed by atoms with Crippen LogP contribution in [0.15, 0.2) is 24.0 Å². The predicted octanol–water partition coefficient (Wildman–Crippen LogP) is 3.53. The normalized spacial score (nSPS) is 17.6. The predicted molar refractivity (Wildman–Crippen MR) is 110 cm³/mol. The largest absolute Gasteiger partial charge is 0.348 e. The number of aromatic nitrogens is 4. The Morgan fingerprint density at radius 2 is 2.00 bits per heavy atom. The third-order valence-electron chi connectivity index (χ3n) is 5.74. The van der Waals surface area contributed by atoms with Gasteiger partial charge in [0.1, 0.15) is 5.52 Å². The minimum Gasteiger partial charge on any atom is -0.348 e. The van der Waals surface area contributed by atoms with E-state index in [0.29, 0.717) is 18.2 Å². The first-order valence-electron chi connectivity index (χ1n) is 10.1. The molecule has 1 aliphatic heterocycles. The van der Waals surface area contributed by atoms with E-state index in [0.717, 1.165) is 35.1 Å². The van der Waals surface area contributed by atoms with Gasteiger partial charge >= 0.3 is 0 Å². The molecule has 4 heterocycles. The summed E-state index contributed by atoms with van der Waals surface area (Å²) in [5.74, 6) is -0.138.